The van der Waals surface area contributed by atoms with Gasteiger partial charge >= 0.3 is 12.3 Å². The average molecular weight is 538 g/mol. The van der Waals surface area contributed by atoms with E-state index in [1.807, 2.05) is 0 Å². The van der Waals surface area contributed by atoms with Gasteiger partial charge in [0, 0.05) is 23.1 Å². The maximum absolute atomic E-state index is 13.8. The van der Waals surface area contributed by atoms with Gasteiger partial charge < -0.3 is 14.0 Å². The van der Waals surface area contributed by atoms with E-state index in [4.69, 9.17) is 9.26 Å². The van der Waals surface area contributed by atoms with Gasteiger partial charge in [-0.15, -0.1) is 0 Å². The Hall–Kier alpha value is -2.21. The van der Waals surface area contributed by atoms with E-state index >= 15 is 0 Å². The molecular formula is C21H24BrF4N3O4. The third kappa shape index (κ3) is 6.23. The Morgan fingerprint density at radius 3 is 2.48 bits per heavy atom. The number of alkyl halides is 4. The lowest BCUT2D eigenvalue weighted by molar-refractivity contribution is -0.330. The van der Waals surface area contributed by atoms with Gasteiger partial charge in [0.05, 0.1) is 13.2 Å². The maximum atomic E-state index is 13.8. The topological polar surface area (TPSA) is 77.7 Å². The second-order valence-corrected chi connectivity index (χ2v) is 9.20. The number of nitrogens with zero attached hydrogens (tertiary/aromatic N) is 3. The highest BCUT2D eigenvalue weighted by atomic mass is 79.9. The van der Waals surface area contributed by atoms with Gasteiger partial charge in [-0.1, -0.05) is 33.6 Å². The second kappa shape index (κ2) is 9.96. The molecule has 1 saturated heterocycles. The van der Waals surface area contributed by atoms with Crippen LogP contribution in [0.3, 0.4) is 0 Å². The Bertz CT molecular complexity index is 957. The van der Waals surface area contributed by atoms with E-state index in [0.29, 0.717) is 41.7 Å². The predicted octanol–water partition coefficient (Wildman–Crippen LogP) is 5.72. The number of hydrogen-bond donors (Lipinski definition) is 0. The summed E-state index contributed by atoms with van der Waals surface area (Å²) in [5, 5.41) is 3.75. The lowest BCUT2D eigenvalue weighted by atomic mass is 10.0. The summed E-state index contributed by atoms with van der Waals surface area (Å²) in [5.41, 5.74) is -3.95. The zero-order valence-corrected chi connectivity index (χ0v) is 19.7. The number of unbranched alkanes of at least 4 members (excludes halogenated alkanes) is 2. The van der Waals surface area contributed by atoms with E-state index in [-0.39, 0.29) is 12.4 Å². The first kappa shape index (κ1) is 25.4. The summed E-state index contributed by atoms with van der Waals surface area (Å²) < 4.78 is 69.2. The first-order valence-electron chi connectivity index (χ1n) is 10.3. The fourth-order valence-corrected chi connectivity index (χ4v) is 3.47. The SMILES string of the molecule is CC(C)(F)c1nc(CCCCCN(C(=O)OC2(C(F)(F)F)COC2)c2cccc(Br)c2)no1. The molecule has 0 bridgehead atoms. The van der Waals surface area contributed by atoms with Crippen molar-refractivity contribution in [3.05, 3.63) is 40.5 Å². The average Bonchev–Trinajstić information content (AvgIpc) is 3.15. The number of ether oxygens (including phenoxy) is 2. The van der Waals surface area contributed by atoms with Crippen molar-refractivity contribution >= 4 is 27.7 Å². The lowest BCUT2D eigenvalue weighted by Crippen LogP contribution is -2.64. The molecule has 1 fully saturated rings. The predicted molar refractivity (Wildman–Crippen MR) is 114 cm³/mol. The van der Waals surface area contributed by atoms with Crippen LogP contribution < -0.4 is 4.90 Å². The Morgan fingerprint density at radius 1 is 1.21 bits per heavy atom. The molecule has 0 atom stereocenters. The molecule has 1 aliphatic heterocycles. The van der Waals surface area contributed by atoms with Gasteiger partial charge in [-0.05, 0) is 44.9 Å². The molecule has 0 unspecified atom stereocenters. The van der Waals surface area contributed by atoms with Gasteiger partial charge in [0.25, 0.3) is 11.5 Å². The summed E-state index contributed by atoms with van der Waals surface area (Å²) in [6.45, 7) is 1.32. The van der Waals surface area contributed by atoms with Crippen molar-refractivity contribution in [2.45, 2.75) is 57.0 Å². The number of aromatic nitrogens is 2. The number of anilines is 1. The quantitative estimate of drug-likeness (QED) is 0.300. The molecule has 0 aliphatic carbocycles. The fourth-order valence-electron chi connectivity index (χ4n) is 3.09. The standard InChI is InChI=1S/C21H24BrF4N3O4/c1-19(2,23)17-27-16(28-33-17)9-4-3-5-10-29(15-8-6-7-14(22)11-15)18(30)32-20(12-31-13-20)21(24,25)26/h6-8,11H,3-5,9-10,12-13H2,1-2H3. The molecule has 12 heteroatoms. The van der Waals surface area contributed by atoms with Crippen LogP contribution in [0.25, 0.3) is 0 Å². The summed E-state index contributed by atoms with van der Waals surface area (Å²) in [5.74, 6) is 0.274. The van der Waals surface area contributed by atoms with E-state index in [1.54, 1.807) is 24.3 Å². The summed E-state index contributed by atoms with van der Waals surface area (Å²) >= 11 is 3.30. The van der Waals surface area contributed by atoms with Crippen molar-refractivity contribution in [2.24, 2.45) is 0 Å². The van der Waals surface area contributed by atoms with E-state index in [0.717, 1.165) is 0 Å². The third-order valence-corrected chi connectivity index (χ3v) is 5.56. The van der Waals surface area contributed by atoms with Crippen molar-refractivity contribution in [2.75, 3.05) is 24.7 Å². The van der Waals surface area contributed by atoms with Gasteiger partial charge in [-0.2, -0.15) is 18.2 Å². The zero-order valence-electron chi connectivity index (χ0n) is 18.1. The Morgan fingerprint density at radius 2 is 1.94 bits per heavy atom. The van der Waals surface area contributed by atoms with Crippen LogP contribution in [0.15, 0.2) is 33.3 Å². The number of rotatable bonds is 9. The highest BCUT2D eigenvalue weighted by Gasteiger charge is 2.64. The van der Waals surface area contributed by atoms with Crippen LogP contribution in [0.4, 0.5) is 28.0 Å². The highest BCUT2D eigenvalue weighted by molar-refractivity contribution is 9.10. The monoisotopic (exact) mass is 537 g/mol. The number of hydrogen-bond acceptors (Lipinski definition) is 6. The van der Waals surface area contributed by atoms with Crippen molar-refractivity contribution < 1.29 is 36.4 Å². The highest BCUT2D eigenvalue weighted by Crippen LogP contribution is 2.40. The van der Waals surface area contributed by atoms with E-state index < -0.39 is 36.8 Å². The molecule has 182 valence electrons. The maximum Gasteiger partial charge on any atom is 0.433 e. The fraction of sp³-hybridized carbons (Fsp3) is 0.571. The molecule has 3 rings (SSSR count). The molecule has 1 aromatic carbocycles. The van der Waals surface area contributed by atoms with Crippen molar-refractivity contribution in [1.29, 1.82) is 0 Å². The first-order chi connectivity index (χ1) is 15.4. The number of halogens is 5. The first-order valence-corrected chi connectivity index (χ1v) is 11.1. The van der Waals surface area contributed by atoms with Crippen LogP contribution in [0.5, 0.6) is 0 Å². The third-order valence-electron chi connectivity index (χ3n) is 5.07. The number of benzene rings is 1. The van der Waals surface area contributed by atoms with Crippen molar-refractivity contribution in [3.8, 4) is 0 Å². The molecule has 0 radical (unpaired) electrons. The largest absolute Gasteiger partial charge is 0.433 e. The molecule has 1 aromatic heterocycles. The summed E-state index contributed by atoms with van der Waals surface area (Å²) in [4.78, 5) is 18.0. The lowest BCUT2D eigenvalue weighted by Gasteiger charge is -2.42. The minimum atomic E-state index is -4.73. The van der Waals surface area contributed by atoms with Gasteiger partial charge in [-0.3, -0.25) is 4.90 Å². The van der Waals surface area contributed by atoms with Gasteiger partial charge in [0.2, 0.25) is 0 Å². The van der Waals surface area contributed by atoms with Gasteiger partial charge in [0.15, 0.2) is 11.5 Å². The summed E-state index contributed by atoms with van der Waals surface area (Å²) in [7, 11) is 0. The Kier molecular flexibility index (Phi) is 7.67. The van der Waals surface area contributed by atoms with Crippen LogP contribution in [0.2, 0.25) is 0 Å². The number of carbonyl (C=O) groups excluding carboxylic acids is 1. The second-order valence-electron chi connectivity index (χ2n) is 8.28. The minimum absolute atomic E-state index is 0.0976. The molecule has 2 aromatic rings. The number of aryl methyl sites for hydroxylation is 1. The number of carbonyl (C=O) groups is 1. The molecule has 7 nitrogen and oxygen atoms in total. The summed E-state index contributed by atoms with van der Waals surface area (Å²) in [6.07, 6.45) is -3.67. The van der Waals surface area contributed by atoms with Gasteiger partial charge in [0.1, 0.15) is 0 Å². The molecule has 1 amide bonds. The van der Waals surface area contributed by atoms with E-state index in [9.17, 15) is 22.4 Å². The summed E-state index contributed by atoms with van der Waals surface area (Å²) in [6, 6.07) is 6.65. The van der Waals surface area contributed by atoms with Gasteiger partial charge in [-0.25, -0.2) is 9.18 Å². The van der Waals surface area contributed by atoms with Crippen LogP contribution in [-0.4, -0.2) is 47.8 Å². The van der Waals surface area contributed by atoms with Crippen LogP contribution in [0.1, 0.15) is 44.8 Å². The Balaban J connectivity index is 1.60. The zero-order chi connectivity index (χ0) is 24.3. The van der Waals surface area contributed by atoms with Crippen molar-refractivity contribution in [3.63, 3.8) is 0 Å². The molecule has 33 heavy (non-hydrogen) atoms. The molecule has 1 aliphatic rings. The smallest absolute Gasteiger partial charge is 0.428 e. The number of amides is 1. The molecular weight excluding hydrogens is 514 g/mol. The van der Waals surface area contributed by atoms with Crippen molar-refractivity contribution in [1.82, 2.24) is 10.1 Å². The Labute approximate surface area is 196 Å². The normalized spacial score (nSPS) is 15.7. The molecule has 0 N–H and O–H groups in total. The minimum Gasteiger partial charge on any atom is -0.428 e. The van der Waals surface area contributed by atoms with Crippen LogP contribution >= 0.6 is 15.9 Å². The van der Waals surface area contributed by atoms with E-state index in [1.165, 1.54) is 18.7 Å². The molecule has 0 spiro atoms. The van der Waals surface area contributed by atoms with E-state index in [2.05, 4.69) is 30.8 Å². The van der Waals surface area contributed by atoms with Crippen LogP contribution in [0, 0.1) is 0 Å². The van der Waals surface area contributed by atoms with Crippen LogP contribution in [-0.2, 0) is 21.6 Å². The molecule has 0 saturated carbocycles. The molecule has 2 heterocycles.